The molecule has 0 saturated heterocycles. The molecule has 0 aromatic heterocycles. The van der Waals surface area contributed by atoms with Crippen LogP contribution in [0.5, 0.6) is 0 Å². The largest absolute Gasteiger partial charge is 0.392 e. The Bertz CT molecular complexity index is 587. The average molecular weight is 317 g/mol. The van der Waals surface area contributed by atoms with Gasteiger partial charge in [-0.05, 0) is 30.5 Å². The van der Waals surface area contributed by atoms with Gasteiger partial charge in [-0.25, -0.2) is 12.8 Å². The molecule has 1 atom stereocenters. The Morgan fingerprint density at radius 2 is 1.95 bits per heavy atom. The standard InChI is InChI=1S/C15H24FNO3S/c1-5-11(3)9-17(6-2)21(19,20)14-7-12(4)15(16)13(8-14)10-18/h7-8,11,18H,5-6,9-10H2,1-4H3. The molecule has 1 rings (SSSR count). The van der Waals surface area contributed by atoms with E-state index in [1.807, 2.05) is 13.8 Å². The smallest absolute Gasteiger partial charge is 0.243 e. The van der Waals surface area contributed by atoms with E-state index in [4.69, 9.17) is 5.11 Å². The fourth-order valence-electron chi connectivity index (χ4n) is 2.09. The fourth-order valence-corrected chi connectivity index (χ4v) is 3.80. The zero-order chi connectivity index (χ0) is 16.2. The van der Waals surface area contributed by atoms with Crippen LogP contribution < -0.4 is 0 Å². The van der Waals surface area contributed by atoms with E-state index in [9.17, 15) is 12.8 Å². The minimum Gasteiger partial charge on any atom is -0.392 e. The third kappa shape index (κ3) is 4.02. The lowest BCUT2D eigenvalue weighted by Crippen LogP contribution is -2.34. The van der Waals surface area contributed by atoms with Crippen LogP contribution in [0.25, 0.3) is 0 Å². The molecule has 1 unspecified atom stereocenters. The van der Waals surface area contributed by atoms with Crippen molar-refractivity contribution in [1.82, 2.24) is 4.31 Å². The first-order valence-corrected chi connectivity index (χ1v) is 8.61. The van der Waals surface area contributed by atoms with Gasteiger partial charge in [0.2, 0.25) is 10.0 Å². The zero-order valence-corrected chi connectivity index (χ0v) is 13.9. The molecule has 1 aromatic carbocycles. The molecule has 1 N–H and O–H groups in total. The number of hydrogen-bond donors (Lipinski definition) is 1. The molecule has 120 valence electrons. The maximum Gasteiger partial charge on any atom is 0.243 e. The quantitative estimate of drug-likeness (QED) is 0.841. The van der Waals surface area contributed by atoms with Gasteiger partial charge in [-0.2, -0.15) is 4.31 Å². The van der Waals surface area contributed by atoms with Crippen molar-refractivity contribution in [1.29, 1.82) is 0 Å². The molecule has 0 radical (unpaired) electrons. The molecule has 0 fully saturated rings. The summed E-state index contributed by atoms with van der Waals surface area (Å²) in [5.74, 6) is -0.306. The SMILES string of the molecule is CCC(C)CN(CC)S(=O)(=O)c1cc(C)c(F)c(CO)c1. The second-order valence-electron chi connectivity index (χ2n) is 5.34. The monoisotopic (exact) mass is 317 g/mol. The molecule has 0 saturated carbocycles. The Labute approximate surface area is 126 Å². The van der Waals surface area contributed by atoms with Crippen LogP contribution in [0.1, 0.15) is 38.3 Å². The summed E-state index contributed by atoms with van der Waals surface area (Å²) in [6, 6.07) is 2.54. The van der Waals surface area contributed by atoms with Crippen LogP contribution in [0.3, 0.4) is 0 Å². The first-order valence-electron chi connectivity index (χ1n) is 7.17. The van der Waals surface area contributed by atoms with E-state index in [1.165, 1.54) is 23.4 Å². The van der Waals surface area contributed by atoms with Crippen molar-refractivity contribution < 1.29 is 17.9 Å². The number of aliphatic hydroxyl groups is 1. The number of halogens is 1. The van der Waals surface area contributed by atoms with Crippen molar-refractivity contribution >= 4 is 10.0 Å². The highest BCUT2D eigenvalue weighted by atomic mass is 32.2. The lowest BCUT2D eigenvalue weighted by Gasteiger charge is -2.24. The molecule has 0 aliphatic carbocycles. The molecule has 4 nitrogen and oxygen atoms in total. The molecule has 6 heteroatoms. The van der Waals surface area contributed by atoms with Gasteiger partial charge in [0.05, 0.1) is 11.5 Å². The molecule has 0 aliphatic heterocycles. The summed E-state index contributed by atoms with van der Waals surface area (Å²) in [5.41, 5.74) is 0.230. The minimum atomic E-state index is -3.67. The first-order chi connectivity index (χ1) is 9.77. The minimum absolute atomic E-state index is 0.00756. The van der Waals surface area contributed by atoms with Gasteiger partial charge < -0.3 is 5.11 Å². The van der Waals surface area contributed by atoms with Crippen LogP contribution in [0.15, 0.2) is 17.0 Å². The van der Waals surface area contributed by atoms with E-state index in [0.29, 0.717) is 13.1 Å². The van der Waals surface area contributed by atoms with Gasteiger partial charge in [0, 0.05) is 18.7 Å². The van der Waals surface area contributed by atoms with Crippen LogP contribution in [-0.4, -0.2) is 30.9 Å². The number of aryl methyl sites for hydroxylation is 1. The molecule has 0 spiro atoms. The third-order valence-corrected chi connectivity index (χ3v) is 5.59. The van der Waals surface area contributed by atoms with Gasteiger partial charge in [-0.1, -0.05) is 27.2 Å². The lowest BCUT2D eigenvalue weighted by molar-refractivity contribution is 0.275. The summed E-state index contributed by atoms with van der Waals surface area (Å²) >= 11 is 0. The highest BCUT2D eigenvalue weighted by Crippen LogP contribution is 2.23. The second-order valence-corrected chi connectivity index (χ2v) is 7.28. The molecule has 0 bridgehead atoms. The Balaban J connectivity index is 3.26. The second kappa shape index (κ2) is 7.33. The maximum absolute atomic E-state index is 13.7. The Morgan fingerprint density at radius 1 is 1.33 bits per heavy atom. The van der Waals surface area contributed by atoms with Gasteiger partial charge >= 0.3 is 0 Å². The third-order valence-electron chi connectivity index (χ3n) is 3.68. The van der Waals surface area contributed by atoms with Gasteiger partial charge in [-0.15, -0.1) is 0 Å². The van der Waals surface area contributed by atoms with E-state index in [0.717, 1.165) is 6.42 Å². The highest BCUT2D eigenvalue weighted by molar-refractivity contribution is 7.89. The van der Waals surface area contributed by atoms with Gasteiger partial charge in [0.15, 0.2) is 0 Å². The zero-order valence-electron chi connectivity index (χ0n) is 13.1. The van der Waals surface area contributed by atoms with Gasteiger partial charge in [0.25, 0.3) is 0 Å². The molecule has 0 amide bonds. The van der Waals surface area contributed by atoms with E-state index in [1.54, 1.807) is 6.92 Å². The predicted octanol–water partition coefficient (Wildman–Crippen LogP) is 2.68. The van der Waals surface area contributed by atoms with Crippen molar-refractivity contribution in [3.8, 4) is 0 Å². The maximum atomic E-state index is 13.7. The summed E-state index contributed by atoms with van der Waals surface area (Å²) in [7, 11) is -3.67. The first kappa shape index (κ1) is 18.1. The van der Waals surface area contributed by atoms with E-state index in [2.05, 4.69) is 0 Å². The van der Waals surface area contributed by atoms with Crippen LogP contribution in [0.4, 0.5) is 4.39 Å². The van der Waals surface area contributed by atoms with Crippen molar-refractivity contribution in [3.63, 3.8) is 0 Å². The van der Waals surface area contributed by atoms with Gasteiger partial charge in [-0.3, -0.25) is 0 Å². The molecule has 0 heterocycles. The normalized spacial score (nSPS) is 13.7. The van der Waals surface area contributed by atoms with E-state index >= 15 is 0 Å². The number of hydrogen-bond acceptors (Lipinski definition) is 3. The summed E-state index contributed by atoms with van der Waals surface area (Å²) in [6.45, 7) is 7.55. The molecular formula is C15H24FNO3S. The van der Waals surface area contributed by atoms with Crippen LogP contribution >= 0.6 is 0 Å². The number of rotatable bonds is 7. The summed E-state index contributed by atoms with van der Waals surface area (Å²) in [5, 5.41) is 9.16. The predicted molar refractivity (Wildman–Crippen MR) is 80.9 cm³/mol. The van der Waals surface area contributed by atoms with Crippen molar-refractivity contribution in [3.05, 3.63) is 29.1 Å². The Morgan fingerprint density at radius 3 is 2.43 bits per heavy atom. The molecule has 1 aromatic rings. The molecule has 21 heavy (non-hydrogen) atoms. The van der Waals surface area contributed by atoms with Crippen molar-refractivity contribution in [2.75, 3.05) is 13.1 Å². The molecule has 0 aliphatic rings. The number of benzene rings is 1. The van der Waals surface area contributed by atoms with Crippen LogP contribution in [0, 0.1) is 18.7 Å². The molecular weight excluding hydrogens is 293 g/mol. The van der Waals surface area contributed by atoms with E-state index < -0.39 is 22.4 Å². The number of nitrogens with zero attached hydrogens (tertiary/aromatic N) is 1. The summed E-state index contributed by atoms with van der Waals surface area (Å²) < 4.78 is 40.5. The Hall–Kier alpha value is -0.980. The van der Waals surface area contributed by atoms with Crippen LogP contribution in [-0.2, 0) is 16.6 Å². The van der Waals surface area contributed by atoms with E-state index in [-0.39, 0.29) is 21.9 Å². The highest BCUT2D eigenvalue weighted by Gasteiger charge is 2.25. The summed E-state index contributed by atoms with van der Waals surface area (Å²) in [6.07, 6.45) is 0.885. The average Bonchev–Trinajstić information content (AvgIpc) is 2.46. The van der Waals surface area contributed by atoms with Gasteiger partial charge in [0.1, 0.15) is 5.82 Å². The van der Waals surface area contributed by atoms with Crippen molar-refractivity contribution in [2.24, 2.45) is 5.92 Å². The van der Waals surface area contributed by atoms with Crippen molar-refractivity contribution in [2.45, 2.75) is 45.6 Å². The van der Waals surface area contributed by atoms with Crippen LogP contribution in [0.2, 0.25) is 0 Å². The lowest BCUT2D eigenvalue weighted by atomic mass is 10.1. The Kier molecular flexibility index (Phi) is 6.31. The summed E-state index contributed by atoms with van der Waals surface area (Å²) in [4.78, 5) is 0.0376. The number of aliphatic hydroxyl groups excluding tert-OH is 1. The topological polar surface area (TPSA) is 57.6 Å². The number of sulfonamides is 1. The fraction of sp³-hybridized carbons (Fsp3) is 0.600.